The first-order valence-corrected chi connectivity index (χ1v) is 11.2. The number of carbonyl (C=O) groups is 1. The van der Waals surface area contributed by atoms with Crippen molar-refractivity contribution in [3.05, 3.63) is 131 Å². The van der Waals surface area contributed by atoms with Crippen LogP contribution in [0.4, 0.5) is 11.4 Å². The van der Waals surface area contributed by atoms with Gasteiger partial charge in [-0.05, 0) is 41.5 Å². The number of amides is 1. The second-order valence-electron chi connectivity index (χ2n) is 8.25. The molecule has 2 aliphatic heterocycles. The summed E-state index contributed by atoms with van der Waals surface area (Å²) in [4.78, 5) is 14.0. The zero-order chi connectivity index (χ0) is 22.4. The smallest absolute Gasteiger partial charge is 0.258 e. The van der Waals surface area contributed by atoms with Crippen LogP contribution in [-0.2, 0) is 10.3 Å². The molecule has 0 fully saturated rings. The van der Waals surface area contributed by atoms with Gasteiger partial charge in [0.15, 0.2) is 5.54 Å². The van der Waals surface area contributed by atoms with Gasteiger partial charge in [0.2, 0.25) is 0 Å². The fraction of sp³-hybridized carbons (Fsp3) is 0.0714. The van der Waals surface area contributed by atoms with E-state index in [1.54, 1.807) is 6.07 Å². The van der Waals surface area contributed by atoms with Crippen molar-refractivity contribution in [3.63, 3.8) is 0 Å². The summed E-state index contributed by atoms with van der Waals surface area (Å²) < 4.78 is 0. The molecule has 0 bridgehead atoms. The monoisotopic (exact) mass is 449 g/mol. The number of anilines is 2. The molecule has 0 saturated heterocycles. The van der Waals surface area contributed by atoms with Crippen molar-refractivity contribution in [1.82, 2.24) is 0 Å². The summed E-state index contributed by atoms with van der Waals surface area (Å²) in [7, 11) is 0. The molecule has 2 aliphatic rings. The molecule has 1 amide bonds. The third kappa shape index (κ3) is 2.91. The van der Waals surface area contributed by atoms with E-state index >= 15 is 0 Å². The molecule has 2 atom stereocenters. The molecule has 4 nitrogen and oxygen atoms in total. The molecule has 33 heavy (non-hydrogen) atoms. The maximum atomic E-state index is 14.0. The lowest BCUT2D eigenvalue weighted by Crippen LogP contribution is -2.50. The molecule has 5 heteroatoms. The van der Waals surface area contributed by atoms with Gasteiger partial charge in [-0.15, -0.1) is 0 Å². The van der Waals surface area contributed by atoms with Gasteiger partial charge in [-0.1, -0.05) is 90.5 Å². The Labute approximate surface area is 197 Å². The molecule has 2 heterocycles. The first-order valence-electron chi connectivity index (χ1n) is 10.9. The zero-order valence-electron chi connectivity index (χ0n) is 17.7. The summed E-state index contributed by atoms with van der Waals surface area (Å²) in [5, 5.41) is 10.7. The topological polar surface area (TPSA) is 44.7 Å². The van der Waals surface area contributed by atoms with Crippen molar-refractivity contribution in [1.29, 1.82) is 0 Å². The van der Waals surface area contributed by atoms with Gasteiger partial charge >= 0.3 is 0 Å². The molecule has 0 aliphatic carbocycles. The summed E-state index contributed by atoms with van der Waals surface area (Å²) in [5.41, 5.74) is 4.15. The molecule has 1 spiro atoms. The van der Waals surface area contributed by atoms with Crippen LogP contribution in [0.1, 0.15) is 22.6 Å². The second-order valence-corrected chi connectivity index (χ2v) is 8.69. The van der Waals surface area contributed by atoms with Gasteiger partial charge in [0.25, 0.3) is 5.91 Å². The second kappa shape index (κ2) is 7.61. The van der Waals surface area contributed by atoms with Crippen molar-refractivity contribution in [2.45, 2.75) is 11.5 Å². The molecule has 1 N–H and O–H groups in total. The lowest BCUT2D eigenvalue weighted by molar-refractivity contribution is -0.120. The summed E-state index contributed by atoms with van der Waals surface area (Å²) in [5.74, 6) is -0.465. The number of hydrogen-bond donors (Lipinski definition) is 1. The van der Waals surface area contributed by atoms with Crippen LogP contribution in [0.25, 0.3) is 0 Å². The van der Waals surface area contributed by atoms with Crippen LogP contribution >= 0.6 is 11.6 Å². The number of hydrogen-bond acceptors (Lipinski definition) is 3. The Bertz CT molecular complexity index is 1370. The molecule has 0 unspecified atom stereocenters. The first kappa shape index (κ1) is 19.8. The van der Waals surface area contributed by atoms with E-state index in [2.05, 4.69) is 17.4 Å². The van der Waals surface area contributed by atoms with E-state index in [4.69, 9.17) is 16.7 Å². The standard InChI is InChI=1S/C28H20ClN3O/c29-21-16-17-24-23(18-21)28(27(33)30-24)25(19-10-4-1-5-11-19)26(20-12-6-2-7-13-20)31-32(28)22-14-8-3-9-15-22/h1-18,25H,(H,30,33)/t25-,28-/m0/s1. The Morgan fingerprint density at radius 1 is 0.818 bits per heavy atom. The van der Waals surface area contributed by atoms with Crippen LogP contribution in [0.3, 0.4) is 0 Å². The van der Waals surface area contributed by atoms with E-state index in [0.29, 0.717) is 5.02 Å². The molecular weight excluding hydrogens is 430 g/mol. The number of nitrogens with zero attached hydrogens (tertiary/aromatic N) is 2. The zero-order valence-corrected chi connectivity index (χ0v) is 18.4. The SMILES string of the molecule is O=C1Nc2ccc(Cl)cc2[C@]12[C@@H](c1ccccc1)C(c1ccccc1)=NN2c1ccccc1. The third-order valence-corrected chi connectivity index (χ3v) is 6.66. The normalized spacial score (nSPS) is 21.1. The average molecular weight is 450 g/mol. The highest BCUT2D eigenvalue weighted by atomic mass is 35.5. The molecule has 6 rings (SSSR count). The number of rotatable bonds is 3. The minimum absolute atomic E-state index is 0.118. The van der Waals surface area contributed by atoms with E-state index in [9.17, 15) is 4.79 Å². The number of nitrogens with one attached hydrogen (secondary N) is 1. The predicted octanol–water partition coefficient (Wildman–Crippen LogP) is 6.20. The summed E-state index contributed by atoms with van der Waals surface area (Å²) in [6.45, 7) is 0. The van der Waals surface area contributed by atoms with Gasteiger partial charge in [0.1, 0.15) is 0 Å². The summed E-state index contributed by atoms with van der Waals surface area (Å²) in [6, 6.07) is 35.6. The molecule has 0 aromatic heterocycles. The van der Waals surface area contributed by atoms with Crippen LogP contribution in [0.15, 0.2) is 114 Å². The lowest BCUT2D eigenvalue weighted by Gasteiger charge is -2.37. The van der Waals surface area contributed by atoms with Crippen LogP contribution < -0.4 is 10.3 Å². The Kier molecular flexibility index (Phi) is 4.56. The number of carbonyl (C=O) groups excluding carboxylic acids is 1. The van der Waals surface area contributed by atoms with E-state index in [1.807, 2.05) is 96.0 Å². The first-order chi connectivity index (χ1) is 16.2. The lowest BCUT2D eigenvalue weighted by atomic mass is 9.72. The van der Waals surface area contributed by atoms with Crippen molar-refractivity contribution in [3.8, 4) is 0 Å². The van der Waals surface area contributed by atoms with Crippen LogP contribution in [0.5, 0.6) is 0 Å². The largest absolute Gasteiger partial charge is 0.323 e. The van der Waals surface area contributed by atoms with Gasteiger partial charge in [-0.2, -0.15) is 5.10 Å². The fourth-order valence-electron chi connectivity index (χ4n) is 5.05. The fourth-order valence-corrected chi connectivity index (χ4v) is 5.22. The van der Waals surface area contributed by atoms with Crippen LogP contribution in [0, 0.1) is 0 Å². The highest BCUT2D eigenvalue weighted by Crippen LogP contribution is 2.56. The minimum Gasteiger partial charge on any atom is -0.323 e. The maximum absolute atomic E-state index is 14.0. The van der Waals surface area contributed by atoms with Crippen LogP contribution in [-0.4, -0.2) is 11.6 Å². The Morgan fingerprint density at radius 2 is 1.45 bits per heavy atom. The predicted molar refractivity (Wildman–Crippen MR) is 133 cm³/mol. The molecule has 4 aromatic rings. The van der Waals surface area contributed by atoms with Gasteiger partial charge in [-0.25, -0.2) is 5.01 Å². The van der Waals surface area contributed by atoms with Gasteiger partial charge < -0.3 is 5.32 Å². The highest BCUT2D eigenvalue weighted by Gasteiger charge is 2.62. The van der Waals surface area contributed by atoms with Crippen molar-refractivity contribution in [2.75, 3.05) is 10.3 Å². The van der Waals surface area contributed by atoms with E-state index in [1.165, 1.54) is 0 Å². The Balaban J connectivity index is 1.70. The number of fused-ring (bicyclic) bond motifs is 2. The van der Waals surface area contributed by atoms with Crippen LogP contribution in [0.2, 0.25) is 5.02 Å². The Morgan fingerprint density at radius 3 is 2.15 bits per heavy atom. The van der Waals surface area contributed by atoms with Gasteiger partial charge in [0.05, 0.1) is 17.3 Å². The third-order valence-electron chi connectivity index (χ3n) is 6.42. The summed E-state index contributed by atoms with van der Waals surface area (Å²) >= 11 is 6.48. The van der Waals surface area contributed by atoms with Crippen molar-refractivity contribution in [2.24, 2.45) is 5.10 Å². The van der Waals surface area contributed by atoms with Gasteiger partial charge in [-0.3, -0.25) is 4.79 Å². The molecule has 4 aromatic carbocycles. The number of halogens is 1. The molecule has 0 saturated carbocycles. The van der Waals surface area contributed by atoms with E-state index < -0.39 is 5.54 Å². The molecule has 0 radical (unpaired) electrons. The highest BCUT2D eigenvalue weighted by molar-refractivity contribution is 6.31. The Hall–Kier alpha value is -3.89. The number of para-hydroxylation sites is 1. The number of hydrazone groups is 1. The quantitative estimate of drug-likeness (QED) is 0.405. The summed E-state index contributed by atoms with van der Waals surface area (Å²) in [6.07, 6.45) is 0. The van der Waals surface area contributed by atoms with E-state index in [0.717, 1.165) is 33.8 Å². The van der Waals surface area contributed by atoms with Gasteiger partial charge in [0, 0.05) is 16.3 Å². The van der Waals surface area contributed by atoms with E-state index in [-0.39, 0.29) is 11.8 Å². The number of benzene rings is 4. The molecular formula is C28H20ClN3O. The maximum Gasteiger partial charge on any atom is 0.258 e. The molecule has 160 valence electrons. The average Bonchev–Trinajstić information content (AvgIpc) is 3.37. The minimum atomic E-state index is -1.12. The van der Waals surface area contributed by atoms with Crippen molar-refractivity contribution < 1.29 is 4.79 Å². The van der Waals surface area contributed by atoms with Crippen molar-refractivity contribution >= 4 is 34.6 Å².